The Morgan fingerprint density at radius 1 is 1.08 bits per heavy atom. The zero-order chi connectivity index (χ0) is 10.6. The molecule has 0 saturated heterocycles. The third kappa shape index (κ3) is 4.07. The number of aliphatic hydroxyl groups excluding tert-OH is 3. The van der Waals surface area contributed by atoms with Crippen molar-refractivity contribution < 1.29 is 15.3 Å². The largest absolute Gasteiger partial charge is 0.390 e. The van der Waals surface area contributed by atoms with Crippen molar-refractivity contribution in [1.82, 2.24) is 0 Å². The fourth-order valence-corrected chi connectivity index (χ4v) is 1.19. The minimum atomic E-state index is -1.04. The van der Waals surface area contributed by atoms with Crippen molar-refractivity contribution in [3.63, 3.8) is 0 Å². The molecule has 0 aromatic heterocycles. The number of aliphatic hydroxyl groups is 3. The summed E-state index contributed by atoms with van der Waals surface area (Å²) in [7, 11) is 0. The van der Waals surface area contributed by atoms with Crippen LogP contribution in [0.5, 0.6) is 0 Å². The van der Waals surface area contributed by atoms with Crippen molar-refractivity contribution >= 4 is 0 Å². The van der Waals surface area contributed by atoms with Crippen LogP contribution < -0.4 is 0 Å². The van der Waals surface area contributed by atoms with E-state index in [0.29, 0.717) is 6.42 Å². The summed E-state index contributed by atoms with van der Waals surface area (Å²) in [5.41, 5.74) is -0.395. The van der Waals surface area contributed by atoms with E-state index in [1.165, 1.54) is 0 Å². The predicted molar refractivity (Wildman–Crippen MR) is 52.4 cm³/mol. The molecule has 0 radical (unpaired) electrons. The molecule has 0 fully saturated rings. The van der Waals surface area contributed by atoms with Crippen LogP contribution in [0.2, 0.25) is 0 Å². The summed E-state index contributed by atoms with van der Waals surface area (Å²) in [6, 6.07) is 0. The summed E-state index contributed by atoms with van der Waals surface area (Å²) in [5, 5.41) is 28.6. The van der Waals surface area contributed by atoms with Crippen molar-refractivity contribution in [1.29, 1.82) is 0 Å². The molecule has 0 amide bonds. The lowest BCUT2D eigenvalue weighted by Crippen LogP contribution is -2.44. The Morgan fingerprint density at radius 3 is 1.85 bits per heavy atom. The molecule has 0 bridgehead atoms. The topological polar surface area (TPSA) is 60.7 Å². The summed E-state index contributed by atoms with van der Waals surface area (Å²) in [4.78, 5) is 0. The van der Waals surface area contributed by atoms with Crippen LogP contribution >= 0.6 is 0 Å². The van der Waals surface area contributed by atoms with Gasteiger partial charge in [0.25, 0.3) is 0 Å². The van der Waals surface area contributed by atoms with Crippen LogP contribution in [-0.4, -0.2) is 33.6 Å². The molecule has 0 aliphatic rings. The monoisotopic (exact) mass is 190 g/mol. The molecule has 3 heteroatoms. The first-order valence-corrected chi connectivity index (χ1v) is 4.85. The fourth-order valence-electron chi connectivity index (χ4n) is 1.19. The minimum absolute atomic E-state index is 0.395. The highest BCUT2D eigenvalue weighted by Gasteiger charge is 2.32. The molecular weight excluding hydrogens is 168 g/mol. The van der Waals surface area contributed by atoms with E-state index in [2.05, 4.69) is 0 Å². The van der Waals surface area contributed by atoms with E-state index in [1.807, 2.05) is 27.7 Å². The lowest BCUT2D eigenvalue weighted by atomic mass is 9.83. The van der Waals surface area contributed by atoms with E-state index in [9.17, 15) is 15.3 Å². The second-order valence-corrected chi connectivity index (χ2v) is 4.66. The third-order valence-corrected chi connectivity index (χ3v) is 2.19. The van der Waals surface area contributed by atoms with Crippen molar-refractivity contribution in [2.45, 2.75) is 58.8 Å². The molecule has 0 aliphatic carbocycles. The Hall–Kier alpha value is -0.120. The highest BCUT2D eigenvalue weighted by atomic mass is 16.4. The van der Waals surface area contributed by atoms with E-state index in [4.69, 9.17) is 0 Å². The SMILES string of the molecule is CCC[C@@H](O)[C@@H](O)[C@H](O)C(C)(C)C. The van der Waals surface area contributed by atoms with E-state index >= 15 is 0 Å². The smallest absolute Gasteiger partial charge is 0.106 e. The highest BCUT2D eigenvalue weighted by Crippen LogP contribution is 2.24. The second kappa shape index (κ2) is 4.94. The van der Waals surface area contributed by atoms with E-state index in [0.717, 1.165) is 6.42 Å². The van der Waals surface area contributed by atoms with Gasteiger partial charge in [0, 0.05) is 0 Å². The Kier molecular flexibility index (Phi) is 4.89. The molecule has 0 rings (SSSR count). The third-order valence-electron chi connectivity index (χ3n) is 2.19. The van der Waals surface area contributed by atoms with Crippen LogP contribution in [0.3, 0.4) is 0 Å². The van der Waals surface area contributed by atoms with E-state index in [-0.39, 0.29) is 0 Å². The Labute approximate surface area is 80.4 Å². The van der Waals surface area contributed by atoms with Gasteiger partial charge in [-0.3, -0.25) is 0 Å². The van der Waals surface area contributed by atoms with Gasteiger partial charge < -0.3 is 15.3 Å². The molecule has 80 valence electrons. The van der Waals surface area contributed by atoms with E-state index < -0.39 is 23.7 Å². The van der Waals surface area contributed by atoms with Gasteiger partial charge in [-0.25, -0.2) is 0 Å². The van der Waals surface area contributed by atoms with Crippen molar-refractivity contribution in [2.75, 3.05) is 0 Å². The molecular formula is C10H22O3. The normalized spacial score (nSPS) is 19.6. The molecule has 0 aliphatic heterocycles. The summed E-state index contributed by atoms with van der Waals surface area (Å²) >= 11 is 0. The van der Waals surface area contributed by atoms with Crippen LogP contribution in [0.4, 0.5) is 0 Å². The molecule has 3 atom stereocenters. The van der Waals surface area contributed by atoms with Crippen molar-refractivity contribution in [3.8, 4) is 0 Å². The molecule has 0 unspecified atom stereocenters. The first-order chi connectivity index (χ1) is 5.80. The summed E-state index contributed by atoms with van der Waals surface area (Å²) in [5.74, 6) is 0. The molecule has 0 spiro atoms. The van der Waals surface area contributed by atoms with Crippen LogP contribution in [0, 0.1) is 5.41 Å². The van der Waals surface area contributed by atoms with Gasteiger partial charge in [0.2, 0.25) is 0 Å². The first-order valence-electron chi connectivity index (χ1n) is 4.85. The Morgan fingerprint density at radius 2 is 1.54 bits per heavy atom. The molecule has 13 heavy (non-hydrogen) atoms. The highest BCUT2D eigenvalue weighted by molar-refractivity contribution is 4.83. The second-order valence-electron chi connectivity index (χ2n) is 4.66. The Balaban J connectivity index is 4.16. The fraction of sp³-hybridized carbons (Fsp3) is 1.00. The molecule has 0 aromatic rings. The maximum Gasteiger partial charge on any atom is 0.106 e. The zero-order valence-corrected chi connectivity index (χ0v) is 8.99. The van der Waals surface area contributed by atoms with Gasteiger partial charge in [0.05, 0.1) is 12.2 Å². The summed E-state index contributed by atoms with van der Waals surface area (Å²) in [6.07, 6.45) is -1.42. The van der Waals surface area contributed by atoms with Crippen LogP contribution in [-0.2, 0) is 0 Å². The maximum atomic E-state index is 9.64. The molecule has 0 aromatic carbocycles. The average molecular weight is 190 g/mol. The van der Waals surface area contributed by atoms with Gasteiger partial charge >= 0.3 is 0 Å². The lowest BCUT2D eigenvalue weighted by molar-refractivity contribution is -0.100. The standard InChI is InChI=1S/C10H22O3/c1-5-6-7(11)8(12)9(13)10(2,3)4/h7-9,11-13H,5-6H2,1-4H3/t7-,8-,9+/m1/s1. The average Bonchev–Trinajstić information content (AvgIpc) is 2.00. The molecule has 3 nitrogen and oxygen atoms in total. The van der Waals surface area contributed by atoms with Crippen molar-refractivity contribution in [2.24, 2.45) is 5.41 Å². The van der Waals surface area contributed by atoms with Crippen LogP contribution in [0.25, 0.3) is 0 Å². The van der Waals surface area contributed by atoms with Gasteiger partial charge in [-0.1, -0.05) is 34.1 Å². The number of hydrogen-bond donors (Lipinski definition) is 3. The van der Waals surface area contributed by atoms with Gasteiger partial charge in [-0.2, -0.15) is 0 Å². The first kappa shape index (κ1) is 12.9. The van der Waals surface area contributed by atoms with E-state index in [1.54, 1.807) is 0 Å². The maximum absolute atomic E-state index is 9.64. The Bertz CT molecular complexity index is 140. The molecule has 0 heterocycles. The van der Waals surface area contributed by atoms with Gasteiger partial charge in [-0.05, 0) is 11.8 Å². The summed E-state index contributed by atoms with van der Waals surface area (Å²) in [6.45, 7) is 7.43. The minimum Gasteiger partial charge on any atom is -0.390 e. The van der Waals surface area contributed by atoms with Gasteiger partial charge in [-0.15, -0.1) is 0 Å². The summed E-state index contributed by atoms with van der Waals surface area (Å²) < 4.78 is 0. The molecule has 0 saturated carbocycles. The predicted octanol–water partition coefficient (Wildman–Crippen LogP) is 0.915. The van der Waals surface area contributed by atoms with Gasteiger partial charge in [0.15, 0.2) is 0 Å². The zero-order valence-electron chi connectivity index (χ0n) is 8.99. The number of hydrogen-bond acceptors (Lipinski definition) is 3. The van der Waals surface area contributed by atoms with Gasteiger partial charge in [0.1, 0.15) is 6.10 Å². The van der Waals surface area contributed by atoms with Crippen LogP contribution in [0.1, 0.15) is 40.5 Å². The van der Waals surface area contributed by atoms with Crippen LogP contribution in [0.15, 0.2) is 0 Å². The molecule has 3 N–H and O–H groups in total. The quantitative estimate of drug-likeness (QED) is 0.617. The van der Waals surface area contributed by atoms with Crippen molar-refractivity contribution in [3.05, 3.63) is 0 Å². The lowest BCUT2D eigenvalue weighted by Gasteiger charge is -2.32. The number of rotatable bonds is 4.